The minimum Gasteiger partial charge on any atom is -0.629 e. The Labute approximate surface area is 250 Å². The van der Waals surface area contributed by atoms with Crippen LogP contribution in [-0.4, -0.2) is 59.4 Å². The molecule has 0 radical (unpaired) electrons. The van der Waals surface area contributed by atoms with Crippen molar-refractivity contribution in [1.82, 2.24) is 15.2 Å². The molecule has 3 bridgehead atoms. The Balaban J connectivity index is 1.46. The molecule has 4 aliphatic heterocycles. The maximum absolute atomic E-state index is 14.0. The van der Waals surface area contributed by atoms with Gasteiger partial charge in [0.05, 0.1) is 5.60 Å². The molecular formula is C36H48N4O2. The van der Waals surface area contributed by atoms with E-state index in [-0.39, 0.29) is 22.4 Å². The third-order valence-electron chi connectivity index (χ3n) is 10.9. The first kappa shape index (κ1) is 28.3. The van der Waals surface area contributed by atoms with E-state index >= 15 is 0 Å². The topological polar surface area (TPSA) is 78.8 Å². The quantitative estimate of drug-likeness (QED) is 0.314. The number of nitrogens with zero attached hydrogens (tertiary/aromatic N) is 1. The monoisotopic (exact) mass is 568 g/mol. The van der Waals surface area contributed by atoms with Crippen molar-refractivity contribution >= 4 is 22.7 Å². The van der Waals surface area contributed by atoms with Crippen LogP contribution in [0.15, 0.2) is 60.2 Å². The first-order chi connectivity index (χ1) is 20.6. The lowest BCUT2D eigenvalue weighted by molar-refractivity contribution is -0.760. The minimum absolute atomic E-state index is 0.0461. The molecule has 6 heteroatoms. The second-order valence-electron chi connectivity index (χ2n) is 13.5. The van der Waals surface area contributed by atoms with Crippen molar-refractivity contribution < 1.29 is 10.2 Å². The zero-order valence-electron chi connectivity index (χ0n) is 25.0. The highest BCUT2D eigenvalue weighted by atomic mass is 16.5. The fraction of sp³-hybridized carbons (Fsp3) is 0.556. The summed E-state index contributed by atoms with van der Waals surface area (Å²) in [4.78, 5) is 6.35. The third-order valence-corrected chi connectivity index (χ3v) is 10.9. The molecule has 1 aliphatic carbocycles. The van der Waals surface area contributed by atoms with Crippen LogP contribution in [-0.2, 0) is 0 Å². The number of fused-ring (bicyclic) bond motifs is 4. The number of piperidine rings is 1. The van der Waals surface area contributed by atoms with Crippen LogP contribution >= 0.6 is 0 Å². The van der Waals surface area contributed by atoms with Gasteiger partial charge < -0.3 is 30.6 Å². The van der Waals surface area contributed by atoms with Gasteiger partial charge in [0, 0.05) is 39.7 Å². The van der Waals surface area contributed by atoms with Crippen LogP contribution < -0.4 is 20.9 Å². The first-order valence-electron chi connectivity index (χ1n) is 16.6. The number of H-pyrrole nitrogens is 1. The number of rotatable bonds is 1. The minimum atomic E-state index is -1.04. The summed E-state index contributed by atoms with van der Waals surface area (Å²) in [5.41, 5.74) is 1.82. The van der Waals surface area contributed by atoms with Crippen LogP contribution in [0.25, 0.3) is 22.7 Å². The molecule has 0 amide bonds. The lowest BCUT2D eigenvalue weighted by atomic mass is 9.53. The van der Waals surface area contributed by atoms with Crippen LogP contribution in [0.5, 0.6) is 0 Å². The predicted octanol–water partition coefficient (Wildman–Crippen LogP) is 3.43. The number of hydrogen-bond acceptors (Lipinski definition) is 4. The molecule has 5 heterocycles. The van der Waals surface area contributed by atoms with Gasteiger partial charge >= 0.3 is 0 Å². The van der Waals surface area contributed by atoms with Gasteiger partial charge in [0.25, 0.3) is 0 Å². The third kappa shape index (κ3) is 5.05. The Morgan fingerprint density at radius 1 is 0.929 bits per heavy atom. The van der Waals surface area contributed by atoms with Crippen LogP contribution in [0.2, 0.25) is 0 Å². The number of hydrogen-bond donors (Lipinski definition) is 4. The summed E-state index contributed by atoms with van der Waals surface area (Å²) in [6.45, 7) is 4.47. The molecule has 1 aromatic carbocycles. The number of aromatic amines is 1. The first-order valence-corrected chi connectivity index (χ1v) is 16.6. The van der Waals surface area contributed by atoms with Gasteiger partial charge in [-0.3, -0.25) is 0 Å². The number of aliphatic hydroxyl groups is 1. The number of benzene rings is 1. The van der Waals surface area contributed by atoms with Crippen molar-refractivity contribution in [3.63, 3.8) is 0 Å². The van der Waals surface area contributed by atoms with Crippen molar-refractivity contribution in [3.8, 4) is 0 Å². The Morgan fingerprint density at radius 2 is 1.71 bits per heavy atom. The Kier molecular flexibility index (Phi) is 8.01. The highest BCUT2D eigenvalue weighted by Crippen LogP contribution is 2.55. The van der Waals surface area contributed by atoms with E-state index in [1.165, 1.54) is 24.6 Å². The molecule has 0 saturated carbocycles. The highest BCUT2D eigenvalue weighted by molar-refractivity contribution is 5.82. The van der Waals surface area contributed by atoms with Gasteiger partial charge in [-0.25, -0.2) is 0 Å². The summed E-state index contributed by atoms with van der Waals surface area (Å²) in [5.74, 6) is 0.220. The number of aromatic nitrogens is 1. The van der Waals surface area contributed by atoms with Gasteiger partial charge in [0.2, 0.25) is 0 Å². The van der Waals surface area contributed by atoms with Gasteiger partial charge in [-0.15, -0.1) is 0 Å². The van der Waals surface area contributed by atoms with E-state index in [0.29, 0.717) is 13.0 Å². The second-order valence-corrected chi connectivity index (χ2v) is 13.5. The fourth-order valence-corrected chi connectivity index (χ4v) is 9.03. The number of allylic oxidation sites excluding steroid dienone is 4. The largest absolute Gasteiger partial charge is 0.629 e. The fourth-order valence-electron chi connectivity index (χ4n) is 9.03. The van der Waals surface area contributed by atoms with Crippen molar-refractivity contribution in [1.29, 1.82) is 0 Å². The second kappa shape index (κ2) is 11.9. The van der Waals surface area contributed by atoms with Gasteiger partial charge in [-0.1, -0.05) is 42.5 Å². The zero-order chi connectivity index (χ0) is 28.6. The molecular weight excluding hydrogens is 520 g/mol. The number of hydroxylamine groups is 2. The predicted molar refractivity (Wildman–Crippen MR) is 171 cm³/mol. The summed E-state index contributed by atoms with van der Waals surface area (Å²) < 4.78 is 0. The number of para-hydroxylation sites is 1. The van der Waals surface area contributed by atoms with Crippen molar-refractivity contribution in [2.45, 2.75) is 82.3 Å². The van der Waals surface area contributed by atoms with Crippen LogP contribution in [0.3, 0.4) is 0 Å². The maximum atomic E-state index is 14.0. The molecule has 1 saturated heterocycles. The standard InChI is InChI=1S/C36H48N4O2/c41-36-20-12-6-2-4-8-14-22-39-23-18-30(35(26-39)19-11-5-1-3-7-13-21-37-34(35)36)29(25-36)33-32-28(17-24-40(33)42)27-15-9-10-16-31(27)38-32/h1-2,5-6,9-10,15-17,25,30,34,37-38,40-41H,3-4,7-8,11-14,18-24,26H2. The maximum Gasteiger partial charge on any atom is 0.159 e. The van der Waals surface area contributed by atoms with Gasteiger partial charge in [-0.2, -0.15) is 0 Å². The zero-order valence-corrected chi connectivity index (χ0v) is 25.0. The smallest absolute Gasteiger partial charge is 0.159 e. The van der Waals surface area contributed by atoms with E-state index in [0.717, 1.165) is 98.5 Å². The molecule has 1 aromatic heterocycles. The molecule has 1 spiro atoms. The molecule has 6 atom stereocenters. The molecule has 6 unspecified atom stereocenters. The van der Waals surface area contributed by atoms with E-state index < -0.39 is 5.60 Å². The Hall–Kier alpha value is -2.48. The molecule has 4 N–H and O–H groups in total. The lowest BCUT2D eigenvalue weighted by Gasteiger charge is -2.60. The van der Waals surface area contributed by atoms with E-state index in [1.54, 1.807) is 0 Å². The molecule has 2 aromatic rings. The van der Waals surface area contributed by atoms with Gasteiger partial charge in [-0.05, 0) is 114 Å². The molecule has 6 nitrogen and oxygen atoms in total. The molecule has 7 rings (SSSR count). The average Bonchev–Trinajstić information content (AvgIpc) is 3.34. The summed E-state index contributed by atoms with van der Waals surface area (Å²) in [6.07, 6.45) is 25.2. The van der Waals surface area contributed by atoms with Gasteiger partial charge in [0.15, 0.2) is 5.70 Å². The van der Waals surface area contributed by atoms with E-state index in [1.807, 2.05) is 0 Å². The summed E-state index contributed by atoms with van der Waals surface area (Å²) in [5, 5.41) is 34.4. The molecule has 42 heavy (non-hydrogen) atoms. The normalized spacial score (nSPS) is 36.0. The Morgan fingerprint density at radius 3 is 2.60 bits per heavy atom. The van der Waals surface area contributed by atoms with Crippen LogP contribution in [0.1, 0.15) is 70.6 Å². The summed E-state index contributed by atoms with van der Waals surface area (Å²) in [7, 11) is 0. The van der Waals surface area contributed by atoms with Crippen molar-refractivity contribution in [3.05, 3.63) is 76.0 Å². The van der Waals surface area contributed by atoms with Crippen molar-refractivity contribution in [2.75, 3.05) is 32.7 Å². The Bertz CT molecular complexity index is 1500. The van der Waals surface area contributed by atoms with E-state index in [9.17, 15) is 10.3 Å². The van der Waals surface area contributed by atoms with Gasteiger partial charge in [0.1, 0.15) is 11.9 Å². The number of nitrogens with one attached hydrogen (secondary N) is 3. The molecule has 224 valence electrons. The lowest BCUT2D eigenvalue weighted by Crippen LogP contribution is -3.06. The molecule has 5 aliphatic rings. The highest BCUT2D eigenvalue weighted by Gasteiger charge is 2.59. The van der Waals surface area contributed by atoms with Crippen LogP contribution in [0, 0.1) is 16.5 Å². The van der Waals surface area contributed by atoms with E-state index in [2.05, 4.69) is 75.9 Å². The molecule has 1 fully saturated rings. The summed E-state index contributed by atoms with van der Waals surface area (Å²) in [6, 6.07) is 8.36. The average molecular weight is 569 g/mol. The number of quaternary nitrogens is 1. The SMILES string of the molecule is [O-][NH+]1CC=c2c([nH]c3ccccc23)=C1C1=CC2(O)CCC=CCCCCN3CCC1C1(CCC=CCCCCNC21)C3. The van der Waals surface area contributed by atoms with Crippen molar-refractivity contribution in [2.24, 2.45) is 11.3 Å². The van der Waals surface area contributed by atoms with Crippen LogP contribution in [0.4, 0.5) is 0 Å². The van der Waals surface area contributed by atoms with E-state index in [4.69, 9.17) is 0 Å². The summed E-state index contributed by atoms with van der Waals surface area (Å²) >= 11 is 0.